The summed E-state index contributed by atoms with van der Waals surface area (Å²) in [5.41, 5.74) is 2.82. The van der Waals surface area contributed by atoms with Crippen molar-refractivity contribution in [2.45, 2.75) is 6.92 Å². The number of ether oxygens (including phenoxy) is 1. The molecule has 1 amide bonds. The van der Waals surface area contributed by atoms with Crippen LogP contribution in [0.15, 0.2) is 59.3 Å². The topological polar surface area (TPSA) is 64.4 Å². The largest absolute Gasteiger partial charge is 0.497 e. The number of hydrogen-bond donors (Lipinski definition) is 1. The second-order valence-electron chi connectivity index (χ2n) is 5.08. The van der Waals surface area contributed by atoms with Gasteiger partial charge in [0.05, 0.1) is 7.11 Å². The van der Waals surface area contributed by atoms with Crippen LogP contribution in [0.25, 0.3) is 11.3 Å². The first-order valence-corrected chi connectivity index (χ1v) is 7.13. The molecule has 23 heavy (non-hydrogen) atoms. The molecule has 2 aromatic carbocycles. The number of methoxy groups -OCH3 is 1. The summed E-state index contributed by atoms with van der Waals surface area (Å²) in [4.78, 5) is 16.5. The van der Waals surface area contributed by atoms with Gasteiger partial charge in [-0.2, -0.15) is 0 Å². The van der Waals surface area contributed by atoms with Gasteiger partial charge >= 0.3 is 0 Å². The van der Waals surface area contributed by atoms with Crippen molar-refractivity contribution in [1.29, 1.82) is 0 Å². The predicted octanol–water partition coefficient (Wildman–Crippen LogP) is 3.91. The van der Waals surface area contributed by atoms with Crippen LogP contribution in [-0.4, -0.2) is 18.0 Å². The van der Waals surface area contributed by atoms with Gasteiger partial charge in [-0.05, 0) is 37.3 Å². The Labute approximate surface area is 133 Å². The van der Waals surface area contributed by atoms with Gasteiger partial charge in [0.25, 0.3) is 5.91 Å². The highest BCUT2D eigenvalue weighted by molar-refractivity contribution is 6.06. The van der Waals surface area contributed by atoms with E-state index in [1.807, 2.05) is 31.2 Å². The molecule has 0 aliphatic carbocycles. The quantitative estimate of drug-likeness (QED) is 0.793. The van der Waals surface area contributed by atoms with Crippen LogP contribution < -0.4 is 10.1 Å². The van der Waals surface area contributed by atoms with Gasteiger partial charge in [-0.25, -0.2) is 4.98 Å². The van der Waals surface area contributed by atoms with Crippen LogP contribution >= 0.6 is 0 Å². The van der Waals surface area contributed by atoms with Crippen molar-refractivity contribution in [2.24, 2.45) is 0 Å². The minimum Gasteiger partial charge on any atom is -0.497 e. The summed E-state index contributed by atoms with van der Waals surface area (Å²) in [6.07, 6.45) is 1.28. The highest BCUT2D eigenvalue weighted by Gasteiger charge is 2.18. The van der Waals surface area contributed by atoms with Crippen LogP contribution in [0.5, 0.6) is 5.75 Å². The fourth-order valence-corrected chi connectivity index (χ4v) is 2.26. The van der Waals surface area contributed by atoms with Crippen molar-refractivity contribution in [3.05, 3.63) is 66.2 Å². The van der Waals surface area contributed by atoms with E-state index in [1.54, 1.807) is 31.4 Å². The fraction of sp³-hybridized carbons (Fsp3) is 0.111. The molecule has 1 N–H and O–H groups in total. The molecular weight excluding hydrogens is 292 g/mol. The predicted molar refractivity (Wildman–Crippen MR) is 87.6 cm³/mol. The Kier molecular flexibility index (Phi) is 4.10. The molecule has 0 unspecified atom stereocenters. The lowest BCUT2D eigenvalue weighted by atomic mass is 10.1. The van der Waals surface area contributed by atoms with E-state index in [0.29, 0.717) is 11.4 Å². The van der Waals surface area contributed by atoms with E-state index < -0.39 is 0 Å². The maximum Gasteiger partial charge on any atom is 0.278 e. The van der Waals surface area contributed by atoms with Crippen molar-refractivity contribution in [2.75, 3.05) is 12.4 Å². The van der Waals surface area contributed by atoms with Crippen molar-refractivity contribution in [3.8, 4) is 17.1 Å². The van der Waals surface area contributed by atoms with Crippen molar-refractivity contribution < 1.29 is 13.9 Å². The molecule has 3 rings (SSSR count). The molecule has 0 aliphatic rings. The van der Waals surface area contributed by atoms with E-state index >= 15 is 0 Å². The molecule has 0 radical (unpaired) electrons. The molecule has 116 valence electrons. The first-order chi connectivity index (χ1) is 11.2. The maximum absolute atomic E-state index is 12.4. The van der Waals surface area contributed by atoms with Crippen LogP contribution in [-0.2, 0) is 0 Å². The zero-order valence-electron chi connectivity index (χ0n) is 12.9. The highest BCUT2D eigenvalue weighted by atomic mass is 16.5. The number of anilines is 1. The Hall–Kier alpha value is -3.08. The lowest BCUT2D eigenvalue weighted by Gasteiger charge is -2.06. The molecule has 5 nitrogen and oxygen atoms in total. The van der Waals surface area contributed by atoms with Gasteiger partial charge in [-0.1, -0.05) is 23.8 Å². The SMILES string of the molecule is COc1ccc(NC(=O)c2ncoc2-c2cccc(C)c2)cc1. The number of benzene rings is 2. The summed E-state index contributed by atoms with van der Waals surface area (Å²) in [7, 11) is 1.59. The Morgan fingerprint density at radius 2 is 1.96 bits per heavy atom. The molecule has 0 atom stereocenters. The van der Waals surface area contributed by atoms with Gasteiger partial charge in [0.15, 0.2) is 17.8 Å². The van der Waals surface area contributed by atoms with Crippen LogP contribution in [0.3, 0.4) is 0 Å². The molecule has 0 fully saturated rings. The number of nitrogens with one attached hydrogen (secondary N) is 1. The number of nitrogens with zero attached hydrogens (tertiary/aromatic N) is 1. The minimum atomic E-state index is -0.319. The summed E-state index contributed by atoms with van der Waals surface area (Å²) >= 11 is 0. The smallest absolute Gasteiger partial charge is 0.278 e. The Balaban J connectivity index is 1.84. The standard InChI is InChI=1S/C18H16N2O3/c1-12-4-3-5-13(10-12)17-16(19-11-23-17)18(21)20-14-6-8-15(22-2)9-7-14/h3-11H,1-2H3,(H,20,21). The van der Waals surface area contributed by atoms with E-state index in [9.17, 15) is 4.79 Å². The second-order valence-corrected chi connectivity index (χ2v) is 5.08. The first kappa shape index (κ1) is 14.8. The van der Waals surface area contributed by atoms with Gasteiger partial charge in [-0.3, -0.25) is 4.79 Å². The number of hydrogen-bond acceptors (Lipinski definition) is 4. The summed E-state index contributed by atoms with van der Waals surface area (Å²) in [5, 5.41) is 2.80. The van der Waals surface area contributed by atoms with Crippen molar-refractivity contribution >= 4 is 11.6 Å². The lowest BCUT2D eigenvalue weighted by molar-refractivity contribution is 0.102. The number of carbonyl (C=O) groups excluding carboxylic acids is 1. The number of carbonyl (C=O) groups is 1. The molecule has 0 bridgehead atoms. The van der Waals surface area contributed by atoms with Crippen molar-refractivity contribution in [1.82, 2.24) is 4.98 Å². The average molecular weight is 308 g/mol. The Morgan fingerprint density at radius 3 is 2.65 bits per heavy atom. The van der Waals surface area contributed by atoms with Crippen molar-refractivity contribution in [3.63, 3.8) is 0 Å². The molecule has 5 heteroatoms. The van der Waals surface area contributed by atoms with Gasteiger partial charge in [0.2, 0.25) is 0 Å². The van der Waals surface area contributed by atoms with Crippen LogP contribution in [0.2, 0.25) is 0 Å². The van der Waals surface area contributed by atoms with E-state index in [4.69, 9.17) is 9.15 Å². The molecular formula is C18H16N2O3. The third kappa shape index (κ3) is 3.23. The normalized spacial score (nSPS) is 10.3. The highest BCUT2D eigenvalue weighted by Crippen LogP contribution is 2.25. The summed E-state index contributed by atoms with van der Waals surface area (Å²) in [6, 6.07) is 14.8. The number of aromatic nitrogens is 1. The monoisotopic (exact) mass is 308 g/mol. The van der Waals surface area contributed by atoms with Crippen LogP contribution in [0.1, 0.15) is 16.1 Å². The summed E-state index contributed by atoms with van der Waals surface area (Å²) in [6.45, 7) is 1.98. The molecule has 0 saturated carbocycles. The third-order valence-electron chi connectivity index (χ3n) is 3.41. The van der Waals surface area contributed by atoms with Crippen LogP contribution in [0, 0.1) is 6.92 Å². The van der Waals surface area contributed by atoms with E-state index in [0.717, 1.165) is 16.9 Å². The Morgan fingerprint density at radius 1 is 1.17 bits per heavy atom. The number of aryl methyl sites for hydroxylation is 1. The molecule has 1 aromatic heterocycles. The molecule has 1 heterocycles. The number of rotatable bonds is 4. The first-order valence-electron chi connectivity index (χ1n) is 7.13. The maximum atomic E-state index is 12.4. The molecule has 0 saturated heterocycles. The van der Waals surface area contributed by atoms with E-state index in [-0.39, 0.29) is 11.6 Å². The third-order valence-corrected chi connectivity index (χ3v) is 3.41. The van der Waals surface area contributed by atoms with Gasteiger partial charge in [-0.15, -0.1) is 0 Å². The summed E-state index contributed by atoms with van der Waals surface area (Å²) in [5.74, 6) is 0.866. The molecule has 0 spiro atoms. The Bertz CT molecular complexity index is 822. The van der Waals surface area contributed by atoms with Gasteiger partial charge < -0.3 is 14.5 Å². The van der Waals surface area contributed by atoms with E-state index in [1.165, 1.54) is 6.39 Å². The molecule has 0 aliphatic heterocycles. The number of amides is 1. The van der Waals surface area contributed by atoms with Gasteiger partial charge in [0, 0.05) is 11.3 Å². The lowest BCUT2D eigenvalue weighted by Crippen LogP contribution is -2.13. The average Bonchev–Trinajstić information content (AvgIpc) is 3.05. The zero-order valence-corrected chi connectivity index (χ0v) is 12.9. The van der Waals surface area contributed by atoms with E-state index in [2.05, 4.69) is 10.3 Å². The van der Waals surface area contributed by atoms with Gasteiger partial charge in [0.1, 0.15) is 5.75 Å². The zero-order chi connectivity index (χ0) is 16.2. The fourth-order valence-electron chi connectivity index (χ4n) is 2.26. The summed E-state index contributed by atoms with van der Waals surface area (Å²) < 4.78 is 10.5. The number of oxazole rings is 1. The molecule has 3 aromatic rings. The minimum absolute atomic E-state index is 0.256. The van der Waals surface area contributed by atoms with Crippen LogP contribution in [0.4, 0.5) is 5.69 Å². The second kappa shape index (κ2) is 6.36.